The first-order valence-corrected chi connectivity index (χ1v) is 12.6. The SMILES string of the molecule is Cc1cccc(C)c1NS(=O)(=O)c1ccc(NS(=O)(=O)c2ccc(Br)s2)cc1. The van der Waals surface area contributed by atoms with Gasteiger partial charge in [-0.1, -0.05) is 18.2 Å². The lowest BCUT2D eigenvalue weighted by molar-refractivity contribution is 0.600. The second-order valence-electron chi connectivity index (χ2n) is 6.06. The Balaban J connectivity index is 1.82. The van der Waals surface area contributed by atoms with Crippen LogP contribution in [-0.2, 0) is 20.0 Å². The quantitative estimate of drug-likeness (QED) is 0.511. The molecule has 6 nitrogen and oxygen atoms in total. The highest BCUT2D eigenvalue weighted by Gasteiger charge is 2.19. The Bertz CT molecular complexity index is 1200. The van der Waals surface area contributed by atoms with Crippen molar-refractivity contribution in [2.24, 2.45) is 0 Å². The number of thiophene rings is 1. The van der Waals surface area contributed by atoms with Gasteiger partial charge in [-0.25, -0.2) is 16.8 Å². The zero-order valence-electron chi connectivity index (χ0n) is 14.9. The number of sulfonamides is 2. The molecular formula is C18H17BrN2O4S3. The van der Waals surface area contributed by atoms with Gasteiger partial charge in [-0.2, -0.15) is 0 Å². The zero-order chi connectivity index (χ0) is 20.5. The Morgan fingerprint density at radius 3 is 1.93 bits per heavy atom. The predicted molar refractivity (Wildman–Crippen MR) is 116 cm³/mol. The van der Waals surface area contributed by atoms with E-state index in [-0.39, 0.29) is 14.8 Å². The van der Waals surface area contributed by atoms with Crippen molar-refractivity contribution in [1.29, 1.82) is 0 Å². The molecule has 3 rings (SSSR count). The number of nitrogens with one attached hydrogen (secondary N) is 2. The number of aryl methyl sites for hydroxylation is 2. The third-order valence-electron chi connectivity index (χ3n) is 3.95. The molecule has 3 aromatic rings. The van der Waals surface area contributed by atoms with Gasteiger partial charge in [0.25, 0.3) is 20.0 Å². The van der Waals surface area contributed by atoms with Crippen molar-refractivity contribution in [1.82, 2.24) is 0 Å². The molecule has 1 aromatic heterocycles. The fourth-order valence-electron chi connectivity index (χ4n) is 2.52. The molecular weight excluding hydrogens is 484 g/mol. The molecule has 0 fully saturated rings. The van der Waals surface area contributed by atoms with Gasteiger partial charge in [-0.05, 0) is 77.3 Å². The lowest BCUT2D eigenvalue weighted by atomic mass is 10.1. The van der Waals surface area contributed by atoms with E-state index < -0.39 is 20.0 Å². The molecule has 2 aromatic carbocycles. The summed E-state index contributed by atoms with van der Waals surface area (Å²) in [6.45, 7) is 3.65. The Kier molecular flexibility index (Phi) is 5.85. The molecule has 0 aliphatic heterocycles. The molecule has 148 valence electrons. The smallest absolute Gasteiger partial charge is 0.271 e. The van der Waals surface area contributed by atoms with Crippen LogP contribution in [0, 0.1) is 13.8 Å². The van der Waals surface area contributed by atoms with Gasteiger partial charge in [0.2, 0.25) is 0 Å². The van der Waals surface area contributed by atoms with Crippen LogP contribution in [0.5, 0.6) is 0 Å². The van der Waals surface area contributed by atoms with Crippen molar-refractivity contribution in [3.8, 4) is 0 Å². The Labute approximate surface area is 176 Å². The summed E-state index contributed by atoms with van der Waals surface area (Å²) >= 11 is 4.32. The Hall–Kier alpha value is -1.88. The van der Waals surface area contributed by atoms with Crippen molar-refractivity contribution < 1.29 is 16.8 Å². The number of para-hydroxylation sites is 1. The fourth-order valence-corrected chi connectivity index (χ4v) is 6.79. The third kappa shape index (κ3) is 4.57. The second-order valence-corrected chi connectivity index (χ2v) is 12.1. The minimum Gasteiger partial charge on any atom is -0.279 e. The molecule has 0 bridgehead atoms. The highest BCUT2D eigenvalue weighted by molar-refractivity contribution is 9.11. The summed E-state index contributed by atoms with van der Waals surface area (Å²) in [5, 5.41) is 0. The van der Waals surface area contributed by atoms with Gasteiger partial charge in [0.05, 0.1) is 14.4 Å². The van der Waals surface area contributed by atoms with Crippen molar-refractivity contribution >= 4 is 58.7 Å². The summed E-state index contributed by atoms with van der Waals surface area (Å²) in [5.74, 6) is 0. The lowest BCUT2D eigenvalue weighted by Gasteiger charge is -2.13. The Morgan fingerprint density at radius 2 is 1.39 bits per heavy atom. The normalized spacial score (nSPS) is 12.0. The number of rotatable bonds is 6. The number of hydrogen-bond donors (Lipinski definition) is 2. The molecule has 0 atom stereocenters. The molecule has 0 spiro atoms. The van der Waals surface area contributed by atoms with Gasteiger partial charge < -0.3 is 0 Å². The molecule has 0 unspecified atom stereocenters. The number of benzene rings is 2. The molecule has 0 saturated carbocycles. The minimum absolute atomic E-state index is 0.0389. The topological polar surface area (TPSA) is 92.3 Å². The van der Waals surface area contributed by atoms with Gasteiger partial charge in [0.15, 0.2) is 0 Å². The van der Waals surface area contributed by atoms with E-state index >= 15 is 0 Å². The maximum atomic E-state index is 12.7. The van der Waals surface area contributed by atoms with E-state index in [1.807, 2.05) is 32.0 Å². The van der Waals surface area contributed by atoms with Gasteiger partial charge >= 0.3 is 0 Å². The van der Waals surface area contributed by atoms with Crippen LogP contribution in [0.1, 0.15) is 11.1 Å². The van der Waals surface area contributed by atoms with E-state index in [4.69, 9.17) is 0 Å². The minimum atomic E-state index is -3.80. The van der Waals surface area contributed by atoms with Crippen LogP contribution in [0.4, 0.5) is 11.4 Å². The van der Waals surface area contributed by atoms with Crippen LogP contribution in [0.3, 0.4) is 0 Å². The first-order chi connectivity index (χ1) is 13.1. The van der Waals surface area contributed by atoms with Crippen molar-refractivity contribution in [3.63, 3.8) is 0 Å². The van der Waals surface area contributed by atoms with Crippen LogP contribution in [0.25, 0.3) is 0 Å². The molecule has 0 radical (unpaired) electrons. The molecule has 0 amide bonds. The molecule has 1 heterocycles. The summed E-state index contributed by atoms with van der Waals surface area (Å²) in [5.41, 5.74) is 2.44. The summed E-state index contributed by atoms with van der Waals surface area (Å²) in [7, 11) is -7.53. The highest BCUT2D eigenvalue weighted by atomic mass is 79.9. The van der Waals surface area contributed by atoms with E-state index in [9.17, 15) is 16.8 Å². The molecule has 10 heteroatoms. The molecule has 2 N–H and O–H groups in total. The highest BCUT2D eigenvalue weighted by Crippen LogP contribution is 2.28. The average molecular weight is 501 g/mol. The van der Waals surface area contributed by atoms with Crippen LogP contribution < -0.4 is 9.44 Å². The standard InChI is InChI=1S/C18H17BrN2O4S3/c1-12-4-3-5-13(2)18(12)21-27(22,23)15-8-6-14(7-9-15)20-28(24,25)17-11-10-16(19)26-17/h3-11,20-21H,1-2H3. The number of hydrogen-bond acceptors (Lipinski definition) is 5. The number of halogens is 1. The maximum absolute atomic E-state index is 12.7. The van der Waals surface area contributed by atoms with Crippen LogP contribution >= 0.6 is 27.3 Å². The zero-order valence-corrected chi connectivity index (χ0v) is 19.0. The predicted octanol–water partition coefficient (Wildman–Crippen LogP) is 4.73. The second kappa shape index (κ2) is 7.86. The van der Waals surface area contributed by atoms with Crippen LogP contribution in [0.2, 0.25) is 0 Å². The first kappa shape index (κ1) is 20.8. The summed E-state index contributed by atoms with van der Waals surface area (Å²) in [6, 6.07) is 14.2. The summed E-state index contributed by atoms with van der Waals surface area (Å²) in [4.78, 5) is 0.0389. The summed E-state index contributed by atoms with van der Waals surface area (Å²) < 4.78 is 56.0. The molecule has 0 aliphatic rings. The van der Waals surface area contributed by atoms with Crippen molar-refractivity contribution in [3.05, 3.63) is 69.5 Å². The van der Waals surface area contributed by atoms with E-state index in [1.54, 1.807) is 6.07 Å². The molecule has 28 heavy (non-hydrogen) atoms. The monoisotopic (exact) mass is 500 g/mol. The lowest BCUT2D eigenvalue weighted by Crippen LogP contribution is -2.15. The van der Waals surface area contributed by atoms with E-state index in [1.165, 1.54) is 30.3 Å². The van der Waals surface area contributed by atoms with Gasteiger partial charge in [-0.3, -0.25) is 9.44 Å². The molecule has 0 aliphatic carbocycles. The van der Waals surface area contributed by atoms with E-state index in [0.29, 0.717) is 9.47 Å². The number of anilines is 2. The largest absolute Gasteiger partial charge is 0.279 e. The fraction of sp³-hybridized carbons (Fsp3) is 0.111. The van der Waals surface area contributed by atoms with Gasteiger partial charge in [-0.15, -0.1) is 11.3 Å². The van der Waals surface area contributed by atoms with Crippen LogP contribution in [0.15, 0.2) is 67.5 Å². The van der Waals surface area contributed by atoms with Gasteiger partial charge in [0, 0.05) is 5.69 Å². The van der Waals surface area contributed by atoms with Gasteiger partial charge in [0.1, 0.15) is 4.21 Å². The average Bonchev–Trinajstić information content (AvgIpc) is 3.06. The van der Waals surface area contributed by atoms with E-state index in [2.05, 4.69) is 25.4 Å². The third-order valence-corrected chi connectivity index (χ3v) is 8.81. The van der Waals surface area contributed by atoms with Crippen LogP contribution in [-0.4, -0.2) is 16.8 Å². The first-order valence-electron chi connectivity index (χ1n) is 8.06. The maximum Gasteiger partial charge on any atom is 0.271 e. The Morgan fingerprint density at radius 1 is 0.786 bits per heavy atom. The molecule has 0 saturated heterocycles. The van der Waals surface area contributed by atoms with E-state index in [0.717, 1.165) is 22.5 Å². The van der Waals surface area contributed by atoms with Crippen molar-refractivity contribution in [2.45, 2.75) is 23.0 Å². The summed E-state index contributed by atoms with van der Waals surface area (Å²) in [6.07, 6.45) is 0. The van der Waals surface area contributed by atoms with Crippen molar-refractivity contribution in [2.75, 3.05) is 9.44 Å².